The molecule has 1 aliphatic heterocycles. The van der Waals surface area contributed by atoms with E-state index in [9.17, 15) is 17.6 Å². The Morgan fingerprint density at radius 2 is 1.78 bits per heavy atom. The summed E-state index contributed by atoms with van der Waals surface area (Å²) in [6.07, 6.45) is 0.810. The second-order valence-electron chi connectivity index (χ2n) is 8.96. The molecule has 1 amide bonds. The van der Waals surface area contributed by atoms with Crippen molar-refractivity contribution in [2.24, 2.45) is 5.92 Å². The van der Waals surface area contributed by atoms with Gasteiger partial charge in [0.25, 0.3) is 0 Å². The highest BCUT2D eigenvalue weighted by molar-refractivity contribution is 7.89. The van der Waals surface area contributed by atoms with Crippen molar-refractivity contribution in [1.82, 2.24) is 14.2 Å². The number of aromatic nitrogens is 1. The zero-order chi connectivity index (χ0) is 25.3. The maximum absolute atomic E-state index is 13.7. The number of piperidine rings is 1. The molecule has 0 atom stereocenters. The molecule has 1 aromatic heterocycles. The largest absolute Gasteiger partial charge is 0.308 e. The van der Waals surface area contributed by atoms with Crippen LogP contribution < -0.4 is 4.90 Å². The van der Waals surface area contributed by atoms with E-state index in [1.165, 1.54) is 27.8 Å². The summed E-state index contributed by atoms with van der Waals surface area (Å²) in [5.41, 5.74) is 1.78. The normalized spacial score (nSPS) is 15.3. The van der Waals surface area contributed by atoms with E-state index in [1.807, 2.05) is 38.1 Å². The van der Waals surface area contributed by atoms with Crippen molar-refractivity contribution in [2.45, 2.75) is 24.7 Å². The van der Waals surface area contributed by atoms with E-state index < -0.39 is 15.8 Å². The molecule has 2 heterocycles. The van der Waals surface area contributed by atoms with E-state index in [-0.39, 0.29) is 42.2 Å². The van der Waals surface area contributed by atoms with Crippen LogP contribution in [0.25, 0.3) is 10.2 Å². The van der Waals surface area contributed by atoms with Crippen LogP contribution in [0.1, 0.15) is 18.4 Å². The predicted molar refractivity (Wildman–Crippen MR) is 145 cm³/mol. The SMILES string of the molecule is Cc1ccc(Cl)c2sc(N(CCN(C)C)C(=O)C3CCN(S(=O)(=O)c4ccc(F)cc4)CC3)nc12.Cl. The Bertz CT molecular complexity index is 1290. The third kappa shape index (κ3) is 6.00. The average molecular weight is 576 g/mol. The number of hydrogen-bond donors (Lipinski definition) is 0. The highest BCUT2D eigenvalue weighted by Gasteiger charge is 2.35. The third-order valence-corrected chi connectivity index (χ3v) is 9.66. The van der Waals surface area contributed by atoms with Crippen molar-refractivity contribution >= 4 is 66.6 Å². The first-order valence-corrected chi connectivity index (χ1v) is 14.0. The summed E-state index contributed by atoms with van der Waals surface area (Å²) >= 11 is 7.80. The molecule has 2 aromatic carbocycles. The fourth-order valence-electron chi connectivity index (χ4n) is 4.13. The van der Waals surface area contributed by atoms with Crippen LogP contribution >= 0.6 is 35.3 Å². The van der Waals surface area contributed by atoms with Gasteiger partial charge in [0.1, 0.15) is 5.82 Å². The van der Waals surface area contributed by atoms with Gasteiger partial charge in [0.05, 0.1) is 20.1 Å². The van der Waals surface area contributed by atoms with Crippen LogP contribution in [0.2, 0.25) is 5.02 Å². The van der Waals surface area contributed by atoms with E-state index in [1.54, 1.807) is 4.90 Å². The molecule has 0 unspecified atom stereocenters. The Morgan fingerprint density at radius 3 is 2.36 bits per heavy atom. The Balaban J connectivity index is 0.00000361. The molecule has 4 rings (SSSR count). The first kappa shape index (κ1) is 28.7. The number of anilines is 1. The van der Waals surface area contributed by atoms with Gasteiger partial charge in [-0.05, 0) is 69.8 Å². The predicted octanol–water partition coefficient (Wildman–Crippen LogP) is 4.81. The van der Waals surface area contributed by atoms with Crippen molar-refractivity contribution in [2.75, 3.05) is 45.2 Å². The van der Waals surface area contributed by atoms with Crippen molar-refractivity contribution in [3.05, 3.63) is 52.8 Å². The molecule has 1 saturated heterocycles. The quantitative estimate of drug-likeness (QED) is 0.404. The molecule has 1 aliphatic rings. The fourth-order valence-corrected chi connectivity index (χ4v) is 6.94. The number of carbonyl (C=O) groups is 1. The smallest absolute Gasteiger partial charge is 0.243 e. The summed E-state index contributed by atoms with van der Waals surface area (Å²) < 4.78 is 41.4. The molecule has 0 bridgehead atoms. The number of hydrogen-bond acceptors (Lipinski definition) is 6. The van der Waals surface area contributed by atoms with Crippen LogP contribution in [-0.4, -0.2) is 68.8 Å². The minimum Gasteiger partial charge on any atom is -0.308 e. The van der Waals surface area contributed by atoms with Crippen LogP contribution in [-0.2, 0) is 14.8 Å². The molecule has 0 radical (unpaired) electrons. The number of amides is 1. The summed E-state index contributed by atoms with van der Waals surface area (Å²) in [6.45, 7) is 3.54. The number of sulfonamides is 1. The molecule has 196 valence electrons. The highest BCUT2D eigenvalue weighted by Crippen LogP contribution is 2.37. The number of fused-ring (bicyclic) bond motifs is 1. The Labute approximate surface area is 226 Å². The molecule has 7 nitrogen and oxygen atoms in total. The molecule has 0 N–H and O–H groups in total. The van der Waals surface area contributed by atoms with Crippen molar-refractivity contribution in [3.8, 4) is 0 Å². The molecular formula is C24H29Cl2FN4O3S2. The van der Waals surface area contributed by atoms with Gasteiger partial charge < -0.3 is 4.90 Å². The van der Waals surface area contributed by atoms with Crippen LogP contribution in [0.4, 0.5) is 9.52 Å². The number of carbonyl (C=O) groups excluding carboxylic acids is 1. The van der Waals surface area contributed by atoms with Crippen molar-refractivity contribution in [1.29, 1.82) is 0 Å². The van der Waals surface area contributed by atoms with Gasteiger partial charge in [-0.2, -0.15) is 4.31 Å². The summed E-state index contributed by atoms with van der Waals surface area (Å²) in [6, 6.07) is 8.56. The Morgan fingerprint density at radius 1 is 1.14 bits per heavy atom. The molecule has 0 aliphatic carbocycles. The van der Waals surface area contributed by atoms with E-state index in [2.05, 4.69) is 0 Å². The number of nitrogens with zero attached hydrogens (tertiary/aromatic N) is 4. The van der Waals surface area contributed by atoms with Crippen LogP contribution in [0, 0.1) is 18.7 Å². The zero-order valence-electron chi connectivity index (χ0n) is 20.3. The second-order valence-corrected chi connectivity index (χ2v) is 12.3. The minimum absolute atomic E-state index is 0. The zero-order valence-corrected chi connectivity index (χ0v) is 23.5. The standard InChI is InChI=1S/C24H28ClFN4O3S2.ClH/c1-16-4-9-20(25)22-21(16)27-24(34-22)30(15-14-28(2)3)23(31)17-10-12-29(13-11-17)35(32,33)19-7-5-18(26)6-8-19;/h4-9,17H,10-15H2,1-3H3;1H. The molecule has 0 saturated carbocycles. The molecular weight excluding hydrogens is 546 g/mol. The maximum Gasteiger partial charge on any atom is 0.243 e. The van der Waals surface area contributed by atoms with Gasteiger partial charge in [0.15, 0.2) is 5.13 Å². The molecule has 36 heavy (non-hydrogen) atoms. The Hall–Kier alpha value is -1.82. The van der Waals surface area contributed by atoms with Gasteiger partial charge in [-0.3, -0.25) is 9.69 Å². The summed E-state index contributed by atoms with van der Waals surface area (Å²) in [5, 5.41) is 1.21. The monoisotopic (exact) mass is 574 g/mol. The average Bonchev–Trinajstić information content (AvgIpc) is 3.28. The van der Waals surface area contributed by atoms with Crippen LogP contribution in [0.3, 0.4) is 0 Å². The van der Waals surface area contributed by atoms with Gasteiger partial charge in [-0.25, -0.2) is 17.8 Å². The first-order valence-electron chi connectivity index (χ1n) is 11.4. The van der Waals surface area contributed by atoms with E-state index >= 15 is 0 Å². The second kappa shape index (κ2) is 11.7. The molecule has 0 spiro atoms. The summed E-state index contributed by atoms with van der Waals surface area (Å²) in [4.78, 5) is 22.2. The van der Waals surface area contributed by atoms with E-state index in [4.69, 9.17) is 16.6 Å². The maximum atomic E-state index is 13.7. The Kier molecular flexibility index (Phi) is 9.35. The number of aryl methyl sites for hydroxylation is 1. The molecule has 1 fully saturated rings. The first-order chi connectivity index (χ1) is 16.6. The number of thiazole rings is 1. The number of halogens is 3. The minimum atomic E-state index is -3.74. The topological polar surface area (TPSA) is 73.8 Å². The fraction of sp³-hybridized carbons (Fsp3) is 0.417. The van der Waals surface area contributed by atoms with Gasteiger partial charge >= 0.3 is 0 Å². The lowest BCUT2D eigenvalue weighted by Crippen LogP contribution is -2.46. The lowest BCUT2D eigenvalue weighted by atomic mass is 9.96. The van der Waals surface area contributed by atoms with Crippen LogP contribution in [0.5, 0.6) is 0 Å². The number of rotatable bonds is 7. The van der Waals surface area contributed by atoms with Gasteiger partial charge in [0, 0.05) is 32.1 Å². The van der Waals surface area contributed by atoms with Crippen molar-refractivity contribution < 1.29 is 17.6 Å². The number of benzene rings is 2. The summed E-state index contributed by atoms with van der Waals surface area (Å²) in [7, 11) is 0.152. The van der Waals surface area contributed by atoms with E-state index in [0.29, 0.717) is 36.1 Å². The van der Waals surface area contributed by atoms with Crippen molar-refractivity contribution in [3.63, 3.8) is 0 Å². The van der Waals surface area contributed by atoms with Gasteiger partial charge in [-0.15, -0.1) is 12.4 Å². The highest BCUT2D eigenvalue weighted by atomic mass is 35.5. The van der Waals surface area contributed by atoms with Gasteiger partial charge in [-0.1, -0.05) is 29.0 Å². The lowest BCUT2D eigenvalue weighted by Gasteiger charge is -2.33. The molecule has 3 aromatic rings. The third-order valence-electron chi connectivity index (χ3n) is 6.21. The number of likely N-dealkylation sites (N-methyl/N-ethyl adjacent to an activating group) is 1. The van der Waals surface area contributed by atoms with Gasteiger partial charge in [0.2, 0.25) is 15.9 Å². The molecule has 12 heteroatoms. The van der Waals surface area contributed by atoms with E-state index in [0.717, 1.165) is 27.9 Å². The summed E-state index contributed by atoms with van der Waals surface area (Å²) in [5.74, 6) is -0.865. The lowest BCUT2D eigenvalue weighted by molar-refractivity contribution is -0.123. The van der Waals surface area contributed by atoms with Crippen LogP contribution in [0.15, 0.2) is 41.3 Å².